The van der Waals surface area contributed by atoms with Crippen LogP contribution in [0, 0.1) is 11.8 Å². The SMILES string of the molecule is c1ccc(-c2ccccc2-c2ccccc2-c2ccccc2N(c2ccc(C3CC4CCC3C4)cc2)c2ccc3c(c2)C(c2ccccc2)(c2ccccc2)c2ccccc2-3)cc1. The molecule has 0 amide bonds. The number of hydrogen-bond acceptors (Lipinski definition) is 1. The van der Waals surface area contributed by atoms with Crippen LogP contribution in [-0.2, 0) is 5.41 Å². The van der Waals surface area contributed by atoms with E-state index in [4.69, 9.17) is 0 Å². The topological polar surface area (TPSA) is 3.24 Å². The Bertz CT molecular complexity index is 3040. The Morgan fingerprint density at radius 2 is 0.873 bits per heavy atom. The molecule has 0 aliphatic heterocycles. The molecule has 2 saturated carbocycles. The minimum Gasteiger partial charge on any atom is -0.310 e. The second kappa shape index (κ2) is 15.6. The normalized spacial score (nSPS) is 17.9. The van der Waals surface area contributed by atoms with Crippen molar-refractivity contribution in [1.29, 1.82) is 0 Å². The Kier molecular flexibility index (Phi) is 9.29. The summed E-state index contributed by atoms with van der Waals surface area (Å²) in [6.07, 6.45) is 5.54. The van der Waals surface area contributed by atoms with E-state index in [0.717, 1.165) is 28.9 Å². The molecule has 3 aliphatic rings. The van der Waals surface area contributed by atoms with Crippen LogP contribution in [0.2, 0.25) is 0 Å². The van der Waals surface area contributed by atoms with Gasteiger partial charge < -0.3 is 4.90 Å². The molecule has 9 aromatic rings. The Labute approximate surface area is 372 Å². The highest BCUT2D eigenvalue weighted by atomic mass is 15.1. The van der Waals surface area contributed by atoms with Gasteiger partial charge in [0, 0.05) is 16.9 Å². The van der Waals surface area contributed by atoms with E-state index in [1.54, 1.807) is 0 Å². The van der Waals surface area contributed by atoms with Crippen molar-refractivity contribution in [3.05, 3.63) is 258 Å². The van der Waals surface area contributed by atoms with Crippen molar-refractivity contribution < 1.29 is 0 Å². The molecule has 0 N–H and O–H groups in total. The monoisotopic (exact) mass is 807 g/mol. The van der Waals surface area contributed by atoms with Crippen LogP contribution in [-0.4, -0.2) is 0 Å². The Balaban J connectivity index is 1.08. The summed E-state index contributed by atoms with van der Waals surface area (Å²) in [7, 11) is 0. The van der Waals surface area contributed by atoms with Gasteiger partial charge in [-0.1, -0.05) is 207 Å². The second-order valence-corrected chi connectivity index (χ2v) is 17.9. The average molecular weight is 808 g/mol. The quantitative estimate of drug-likeness (QED) is 0.140. The molecular formula is C62H49N. The number of para-hydroxylation sites is 1. The smallest absolute Gasteiger partial charge is 0.0714 e. The molecule has 0 radical (unpaired) electrons. The van der Waals surface area contributed by atoms with Gasteiger partial charge in [0.2, 0.25) is 0 Å². The van der Waals surface area contributed by atoms with Crippen LogP contribution in [0.3, 0.4) is 0 Å². The number of anilines is 3. The molecule has 12 rings (SSSR count). The molecule has 2 bridgehead atoms. The van der Waals surface area contributed by atoms with Gasteiger partial charge in [0.05, 0.1) is 11.1 Å². The number of nitrogens with zero attached hydrogens (tertiary/aromatic N) is 1. The van der Waals surface area contributed by atoms with Crippen molar-refractivity contribution in [2.45, 2.75) is 37.0 Å². The zero-order valence-corrected chi connectivity index (χ0v) is 35.4. The van der Waals surface area contributed by atoms with E-state index in [1.165, 1.54) is 98.0 Å². The standard InChI is InChI=1S/C62H49N/c1-4-18-44(19-5-1)51-24-10-11-25-52(51)53-26-12-13-27-54(53)57-29-15-17-31-61(57)63(49-36-34-45(35-37-49)58-41-43-32-33-46(58)40-43)50-38-39-56-55-28-14-16-30-59(55)62(60(56)42-50,47-20-6-2-7-21-47)48-22-8-3-9-23-48/h1-31,34-39,42-43,46,58H,32-33,40-41H2. The molecule has 0 saturated heterocycles. The van der Waals surface area contributed by atoms with Gasteiger partial charge in [-0.3, -0.25) is 0 Å². The Morgan fingerprint density at radius 3 is 1.51 bits per heavy atom. The largest absolute Gasteiger partial charge is 0.310 e. The maximum atomic E-state index is 2.53. The van der Waals surface area contributed by atoms with Crippen molar-refractivity contribution in [2.75, 3.05) is 4.90 Å². The molecule has 0 spiro atoms. The van der Waals surface area contributed by atoms with Gasteiger partial charge in [0.25, 0.3) is 0 Å². The molecule has 9 aromatic carbocycles. The molecule has 0 heterocycles. The fourth-order valence-electron chi connectivity index (χ4n) is 12.0. The average Bonchev–Trinajstić information content (AvgIpc) is 4.09. The summed E-state index contributed by atoms with van der Waals surface area (Å²) in [5.74, 6) is 2.40. The van der Waals surface area contributed by atoms with E-state index in [2.05, 4.69) is 235 Å². The molecule has 302 valence electrons. The van der Waals surface area contributed by atoms with E-state index in [-0.39, 0.29) is 0 Å². The third kappa shape index (κ3) is 6.21. The van der Waals surface area contributed by atoms with Crippen LogP contribution in [0.15, 0.2) is 231 Å². The lowest BCUT2D eigenvalue weighted by Crippen LogP contribution is -2.28. The molecule has 1 nitrogen and oxygen atoms in total. The van der Waals surface area contributed by atoms with Gasteiger partial charge in [-0.15, -0.1) is 0 Å². The minimum atomic E-state index is -0.505. The van der Waals surface area contributed by atoms with E-state index in [1.807, 2.05) is 0 Å². The lowest BCUT2D eigenvalue weighted by molar-refractivity contribution is 0.420. The van der Waals surface area contributed by atoms with Crippen molar-refractivity contribution in [3.63, 3.8) is 0 Å². The van der Waals surface area contributed by atoms with Crippen LogP contribution in [0.5, 0.6) is 0 Å². The molecule has 63 heavy (non-hydrogen) atoms. The summed E-state index contributed by atoms with van der Waals surface area (Å²) >= 11 is 0. The van der Waals surface area contributed by atoms with Crippen molar-refractivity contribution in [2.24, 2.45) is 11.8 Å². The summed E-state index contributed by atoms with van der Waals surface area (Å²) in [6.45, 7) is 0. The van der Waals surface area contributed by atoms with Gasteiger partial charge in [-0.2, -0.15) is 0 Å². The van der Waals surface area contributed by atoms with Gasteiger partial charge in [0.15, 0.2) is 0 Å². The van der Waals surface area contributed by atoms with Crippen molar-refractivity contribution in [1.82, 2.24) is 0 Å². The first-order valence-corrected chi connectivity index (χ1v) is 22.8. The maximum absolute atomic E-state index is 2.53. The molecular weight excluding hydrogens is 759 g/mol. The molecule has 3 unspecified atom stereocenters. The lowest BCUT2D eigenvalue weighted by Gasteiger charge is -2.35. The van der Waals surface area contributed by atoms with Crippen LogP contribution >= 0.6 is 0 Å². The highest BCUT2D eigenvalue weighted by Gasteiger charge is 2.46. The lowest BCUT2D eigenvalue weighted by atomic mass is 9.67. The predicted octanol–water partition coefficient (Wildman–Crippen LogP) is 16.4. The molecule has 1 heteroatoms. The van der Waals surface area contributed by atoms with Gasteiger partial charge in [0.1, 0.15) is 0 Å². The van der Waals surface area contributed by atoms with Gasteiger partial charge in [-0.05, 0) is 134 Å². The summed E-state index contributed by atoms with van der Waals surface area (Å²) in [6, 6.07) is 86.0. The third-order valence-corrected chi connectivity index (χ3v) is 14.7. The number of hydrogen-bond donors (Lipinski definition) is 0. The fraction of sp³-hybridized carbons (Fsp3) is 0.129. The Hall–Kier alpha value is -7.22. The molecule has 0 aromatic heterocycles. The Morgan fingerprint density at radius 1 is 0.365 bits per heavy atom. The van der Waals surface area contributed by atoms with Crippen LogP contribution in [0.25, 0.3) is 44.5 Å². The first kappa shape index (κ1) is 37.5. The first-order valence-electron chi connectivity index (χ1n) is 22.8. The predicted molar refractivity (Wildman–Crippen MR) is 263 cm³/mol. The fourth-order valence-corrected chi connectivity index (χ4v) is 12.0. The van der Waals surface area contributed by atoms with Gasteiger partial charge in [-0.25, -0.2) is 0 Å². The highest BCUT2D eigenvalue weighted by Crippen LogP contribution is 2.58. The highest BCUT2D eigenvalue weighted by molar-refractivity contribution is 5.98. The van der Waals surface area contributed by atoms with Crippen LogP contribution < -0.4 is 4.90 Å². The van der Waals surface area contributed by atoms with E-state index in [0.29, 0.717) is 5.92 Å². The summed E-state index contributed by atoms with van der Waals surface area (Å²) in [4.78, 5) is 2.53. The van der Waals surface area contributed by atoms with Crippen LogP contribution in [0.1, 0.15) is 59.4 Å². The molecule has 2 fully saturated rings. The minimum absolute atomic E-state index is 0.505. The molecule has 3 aliphatic carbocycles. The van der Waals surface area contributed by atoms with E-state index >= 15 is 0 Å². The van der Waals surface area contributed by atoms with E-state index < -0.39 is 5.41 Å². The van der Waals surface area contributed by atoms with Gasteiger partial charge >= 0.3 is 0 Å². The maximum Gasteiger partial charge on any atom is 0.0714 e. The zero-order valence-electron chi connectivity index (χ0n) is 35.4. The zero-order chi connectivity index (χ0) is 41.7. The summed E-state index contributed by atoms with van der Waals surface area (Å²) in [5, 5.41) is 0. The number of fused-ring (bicyclic) bond motifs is 5. The summed E-state index contributed by atoms with van der Waals surface area (Å²) in [5.41, 5.74) is 19.5. The van der Waals surface area contributed by atoms with Crippen molar-refractivity contribution in [3.8, 4) is 44.5 Å². The summed E-state index contributed by atoms with van der Waals surface area (Å²) < 4.78 is 0. The first-order chi connectivity index (χ1) is 31.3. The second-order valence-electron chi connectivity index (χ2n) is 17.9. The number of benzene rings is 9. The number of rotatable bonds is 9. The van der Waals surface area contributed by atoms with E-state index in [9.17, 15) is 0 Å². The third-order valence-electron chi connectivity index (χ3n) is 14.7. The molecule has 3 atom stereocenters. The van der Waals surface area contributed by atoms with Crippen LogP contribution in [0.4, 0.5) is 17.1 Å². The van der Waals surface area contributed by atoms with Crippen molar-refractivity contribution >= 4 is 17.1 Å².